The van der Waals surface area contributed by atoms with E-state index < -0.39 is 0 Å². The molecule has 3 rings (SSSR count). The van der Waals surface area contributed by atoms with Gasteiger partial charge in [0.15, 0.2) is 0 Å². The van der Waals surface area contributed by atoms with E-state index in [2.05, 4.69) is 42.2 Å². The Morgan fingerprint density at radius 3 is 2.80 bits per heavy atom. The van der Waals surface area contributed by atoms with E-state index in [1.807, 2.05) is 50.6 Å². The van der Waals surface area contributed by atoms with Crippen molar-refractivity contribution in [3.05, 3.63) is 58.8 Å². The molecule has 0 aliphatic carbocycles. The van der Waals surface area contributed by atoms with Crippen molar-refractivity contribution in [1.29, 1.82) is 0 Å². The predicted molar refractivity (Wildman–Crippen MR) is 105 cm³/mol. The Bertz CT molecular complexity index is 854. The van der Waals surface area contributed by atoms with Gasteiger partial charge in [0.05, 0.1) is 5.52 Å². The molecule has 0 spiro atoms. The smallest absolute Gasteiger partial charge is 0.213 e. The summed E-state index contributed by atoms with van der Waals surface area (Å²) in [6.07, 6.45) is 3.60. The second kappa shape index (κ2) is 8.27. The lowest BCUT2D eigenvalue weighted by molar-refractivity contribution is 0.253. The van der Waals surface area contributed by atoms with E-state index in [1.165, 1.54) is 0 Å². The first-order valence-corrected chi connectivity index (χ1v) is 8.92. The van der Waals surface area contributed by atoms with Crippen LogP contribution < -0.4 is 10.1 Å². The van der Waals surface area contributed by atoms with Gasteiger partial charge in [-0.3, -0.25) is 4.98 Å². The molecular formula is C19H21BrN4O. The fourth-order valence-corrected chi connectivity index (χ4v) is 2.93. The largest absolute Gasteiger partial charge is 0.476 e. The van der Waals surface area contributed by atoms with Gasteiger partial charge < -0.3 is 15.0 Å². The minimum Gasteiger partial charge on any atom is -0.476 e. The summed E-state index contributed by atoms with van der Waals surface area (Å²) in [5.74, 6) is 0.656. The van der Waals surface area contributed by atoms with Crippen LogP contribution in [0.1, 0.15) is 5.56 Å². The van der Waals surface area contributed by atoms with Gasteiger partial charge in [-0.05, 0) is 53.8 Å². The molecule has 0 saturated carbocycles. The Kier molecular flexibility index (Phi) is 5.83. The minimum absolute atomic E-state index is 0.625. The first-order chi connectivity index (χ1) is 12.1. The van der Waals surface area contributed by atoms with E-state index in [-0.39, 0.29) is 0 Å². The van der Waals surface area contributed by atoms with Gasteiger partial charge in [-0.15, -0.1) is 0 Å². The highest BCUT2D eigenvalue weighted by Gasteiger charge is 2.05. The molecule has 6 heteroatoms. The van der Waals surface area contributed by atoms with E-state index >= 15 is 0 Å². The SMILES string of the molecule is CN(C)CCOc1cc(CNc2ccnc3c(Br)cccc23)ccn1. The third-order valence-corrected chi connectivity index (χ3v) is 4.43. The molecule has 0 aliphatic heterocycles. The molecule has 25 heavy (non-hydrogen) atoms. The summed E-state index contributed by atoms with van der Waals surface area (Å²) in [6, 6.07) is 12.0. The number of rotatable bonds is 7. The third-order valence-electron chi connectivity index (χ3n) is 3.79. The maximum absolute atomic E-state index is 5.70. The highest BCUT2D eigenvalue weighted by Crippen LogP contribution is 2.27. The van der Waals surface area contributed by atoms with E-state index in [9.17, 15) is 0 Å². The summed E-state index contributed by atoms with van der Waals surface area (Å²) in [6.45, 7) is 2.18. The number of likely N-dealkylation sites (N-methyl/N-ethyl adjacent to an activating group) is 1. The molecule has 0 atom stereocenters. The number of halogens is 1. The number of para-hydroxylation sites is 1. The predicted octanol–water partition coefficient (Wildman–Crippen LogP) is 3.94. The summed E-state index contributed by atoms with van der Waals surface area (Å²) in [5.41, 5.74) is 3.13. The van der Waals surface area contributed by atoms with E-state index in [0.717, 1.165) is 33.2 Å². The molecule has 2 heterocycles. The first kappa shape index (κ1) is 17.6. The Morgan fingerprint density at radius 1 is 1.12 bits per heavy atom. The van der Waals surface area contributed by atoms with Crippen molar-refractivity contribution < 1.29 is 4.74 Å². The van der Waals surface area contributed by atoms with E-state index in [0.29, 0.717) is 19.0 Å². The van der Waals surface area contributed by atoms with Crippen LogP contribution in [0.25, 0.3) is 10.9 Å². The number of anilines is 1. The van der Waals surface area contributed by atoms with Crippen LogP contribution in [-0.4, -0.2) is 42.1 Å². The number of nitrogens with one attached hydrogen (secondary N) is 1. The van der Waals surface area contributed by atoms with Crippen LogP contribution in [0.2, 0.25) is 0 Å². The Morgan fingerprint density at radius 2 is 1.96 bits per heavy atom. The quantitative estimate of drug-likeness (QED) is 0.650. The summed E-state index contributed by atoms with van der Waals surface area (Å²) in [7, 11) is 4.04. The van der Waals surface area contributed by atoms with Gasteiger partial charge in [-0.1, -0.05) is 12.1 Å². The van der Waals surface area contributed by atoms with Crippen LogP contribution >= 0.6 is 15.9 Å². The summed E-state index contributed by atoms with van der Waals surface area (Å²) in [5, 5.41) is 4.57. The molecule has 5 nitrogen and oxygen atoms in total. The molecule has 0 unspecified atom stereocenters. The van der Waals surface area contributed by atoms with Crippen LogP contribution in [0, 0.1) is 0 Å². The van der Waals surface area contributed by atoms with Gasteiger partial charge in [-0.25, -0.2) is 4.98 Å². The average Bonchev–Trinajstić information content (AvgIpc) is 2.60. The number of fused-ring (bicyclic) bond motifs is 1. The van der Waals surface area contributed by atoms with Gasteiger partial charge in [0.2, 0.25) is 5.88 Å². The third kappa shape index (κ3) is 4.67. The standard InChI is InChI=1S/C19H21BrN4O/c1-24(2)10-11-25-18-12-14(6-8-21-18)13-23-17-7-9-22-19-15(17)4-3-5-16(19)20/h3-9,12H,10-11,13H2,1-2H3,(H,22,23). The van der Waals surface area contributed by atoms with Gasteiger partial charge in [0.1, 0.15) is 6.61 Å². The molecule has 1 N–H and O–H groups in total. The lowest BCUT2D eigenvalue weighted by Crippen LogP contribution is -2.19. The normalized spacial score (nSPS) is 11.0. The number of nitrogens with zero attached hydrogens (tertiary/aromatic N) is 3. The zero-order valence-electron chi connectivity index (χ0n) is 14.4. The zero-order valence-corrected chi connectivity index (χ0v) is 16.0. The topological polar surface area (TPSA) is 50.3 Å². The first-order valence-electron chi connectivity index (χ1n) is 8.13. The molecule has 0 bridgehead atoms. The highest BCUT2D eigenvalue weighted by molar-refractivity contribution is 9.10. The molecule has 0 aliphatic rings. The molecule has 3 aromatic rings. The number of benzene rings is 1. The molecule has 0 fully saturated rings. The van der Waals surface area contributed by atoms with Gasteiger partial charge in [0, 0.05) is 47.1 Å². The van der Waals surface area contributed by atoms with Crippen molar-refractivity contribution >= 4 is 32.5 Å². The van der Waals surface area contributed by atoms with Crippen molar-refractivity contribution in [2.75, 3.05) is 32.6 Å². The van der Waals surface area contributed by atoms with Crippen LogP contribution in [0.5, 0.6) is 5.88 Å². The van der Waals surface area contributed by atoms with Crippen molar-refractivity contribution in [3.63, 3.8) is 0 Å². The number of aromatic nitrogens is 2. The van der Waals surface area contributed by atoms with Crippen molar-refractivity contribution in [3.8, 4) is 5.88 Å². The summed E-state index contributed by atoms with van der Waals surface area (Å²) < 4.78 is 6.69. The lowest BCUT2D eigenvalue weighted by atomic mass is 10.2. The lowest BCUT2D eigenvalue weighted by Gasteiger charge is -2.12. The van der Waals surface area contributed by atoms with Crippen LogP contribution in [0.3, 0.4) is 0 Å². The molecule has 130 valence electrons. The average molecular weight is 401 g/mol. The molecule has 0 saturated heterocycles. The monoisotopic (exact) mass is 400 g/mol. The second-order valence-electron chi connectivity index (χ2n) is 6.00. The Labute approximate surface area is 156 Å². The highest BCUT2D eigenvalue weighted by atomic mass is 79.9. The Hall–Kier alpha value is -2.18. The van der Waals surface area contributed by atoms with Gasteiger partial charge in [-0.2, -0.15) is 0 Å². The maximum atomic E-state index is 5.70. The molecule has 0 radical (unpaired) electrons. The number of hydrogen-bond donors (Lipinski definition) is 1. The number of hydrogen-bond acceptors (Lipinski definition) is 5. The molecule has 2 aromatic heterocycles. The van der Waals surface area contributed by atoms with Gasteiger partial charge in [0.25, 0.3) is 0 Å². The fourth-order valence-electron chi connectivity index (χ4n) is 2.46. The van der Waals surface area contributed by atoms with Crippen LogP contribution in [0.15, 0.2) is 53.3 Å². The Balaban J connectivity index is 1.69. The summed E-state index contributed by atoms with van der Waals surface area (Å²) in [4.78, 5) is 10.8. The maximum Gasteiger partial charge on any atom is 0.213 e. The van der Waals surface area contributed by atoms with Crippen LogP contribution in [-0.2, 0) is 6.54 Å². The second-order valence-corrected chi connectivity index (χ2v) is 6.86. The number of ether oxygens (including phenoxy) is 1. The van der Waals surface area contributed by atoms with E-state index in [1.54, 1.807) is 6.20 Å². The zero-order chi connectivity index (χ0) is 17.6. The van der Waals surface area contributed by atoms with E-state index in [4.69, 9.17) is 4.74 Å². The molecular weight excluding hydrogens is 380 g/mol. The van der Waals surface area contributed by atoms with Crippen molar-refractivity contribution in [2.45, 2.75) is 6.54 Å². The fraction of sp³-hybridized carbons (Fsp3) is 0.263. The summed E-state index contributed by atoms with van der Waals surface area (Å²) >= 11 is 3.55. The van der Waals surface area contributed by atoms with Crippen molar-refractivity contribution in [1.82, 2.24) is 14.9 Å². The number of pyridine rings is 2. The van der Waals surface area contributed by atoms with Crippen LogP contribution in [0.4, 0.5) is 5.69 Å². The van der Waals surface area contributed by atoms with Crippen molar-refractivity contribution in [2.24, 2.45) is 0 Å². The molecule has 0 amide bonds. The minimum atomic E-state index is 0.625. The van der Waals surface area contributed by atoms with Gasteiger partial charge >= 0.3 is 0 Å². The molecule has 1 aromatic carbocycles.